The van der Waals surface area contributed by atoms with Crippen LogP contribution in [0.15, 0.2) is 18.3 Å². The number of aliphatic hydroxyl groups is 1. The van der Waals surface area contributed by atoms with Crippen LogP contribution in [0.2, 0.25) is 0 Å². The van der Waals surface area contributed by atoms with E-state index in [1.54, 1.807) is 6.20 Å². The van der Waals surface area contributed by atoms with Crippen molar-refractivity contribution in [2.24, 2.45) is 5.73 Å². The molecule has 0 amide bonds. The molecule has 0 bridgehead atoms. The van der Waals surface area contributed by atoms with Crippen LogP contribution >= 0.6 is 0 Å². The Morgan fingerprint density at radius 1 is 1.56 bits per heavy atom. The summed E-state index contributed by atoms with van der Waals surface area (Å²) in [5, 5.41) is 8.83. The number of hydrogen-bond acceptors (Lipinski definition) is 4. The highest BCUT2D eigenvalue weighted by Gasteiger charge is 2.07. The molecule has 0 unspecified atom stereocenters. The summed E-state index contributed by atoms with van der Waals surface area (Å²) in [5.41, 5.74) is 6.93. The molecule has 0 aliphatic rings. The summed E-state index contributed by atoms with van der Waals surface area (Å²) in [7, 11) is 0. The minimum atomic E-state index is 0.0262. The van der Waals surface area contributed by atoms with E-state index in [2.05, 4.69) is 16.8 Å². The summed E-state index contributed by atoms with van der Waals surface area (Å²) in [5.74, 6) is 0.936. The van der Waals surface area contributed by atoms with Gasteiger partial charge in [-0.1, -0.05) is 0 Å². The molecular formula is C12H21N3O. The molecule has 3 N–H and O–H groups in total. The largest absolute Gasteiger partial charge is 0.396 e. The first-order valence-electron chi connectivity index (χ1n) is 5.76. The van der Waals surface area contributed by atoms with Crippen LogP contribution in [0.5, 0.6) is 0 Å². The molecule has 4 nitrogen and oxygen atoms in total. The summed E-state index contributed by atoms with van der Waals surface area (Å²) in [4.78, 5) is 6.48. The van der Waals surface area contributed by atoms with Gasteiger partial charge in [-0.2, -0.15) is 0 Å². The zero-order chi connectivity index (χ0) is 12.0. The fourth-order valence-electron chi connectivity index (χ4n) is 1.59. The smallest absolute Gasteiger partial charge is 0.128 e. The van der Waals surface area contributed by atoms with Crippen molar-refractivity contribution in [3.05, 3.63) is 23.9 Å². The maximum atomic E-state index is 8.83. The molecule has 0 aliphatic carbocycles. The molecule has 0 saturated heterocycles. The van der Waals surface area contributed by atoms with Gasteiger partial charge in [0.1, 0.15) is 5.82 Å². The number of rotatable bonds is 6. The maximum Gasteiger partial charge on any atom is 0.128 e. The van der Waals surface area contributed by atoms with Crippen LogP contribution in [0.4, 0.5) is 5.82 Å². The average Bonchev–Trinajstić information content (AvgIpc) is 2.30. The monoisotopic (exact) mass is 223 g/mol. The molecule has 0 aliphatic heterocycles. The summed E-state index contributed by atoms with van der Waals surface area (Å²) in [6.45, 7) is 5.96. The van der Waals surface area contributed by atoms with Crippen LogP contribution in [0.25, 0.3) is 0 Å². The number of nitrogens with two attached hydrogens (primary N) is 1. The van der Waals surface area contributed by atoms with Gasteiger partial charge < -0.3 is 15.7 Å². The van der Waals surface area contributed by atoms with Crippen LogP contribution in [0.1, 0.15) is 31.9 Å². The van der Waals surface area contributed by atoms with Gasteiger partial charge in [-0.15, -0.1) is 0 Å². The van der Waals surface area contributed by atoms with Gasteiger partial charge in [-0.3, -0.25) is 0 Å². The lowest BCUT2D eigenvalue weighted by molar-refractivity contribution is 0.289. The number of hydrogen-bond donors (Lipinski definition) is 2. The molecule has 4 heteroatoms. The number of anilines is 1. The van der Waals surface area contributed by atoms with Crippen molar-refractivity contribution in [2.75, 3.05) is 24.6 Å². The normalized spacial score (nSPS) is 12.5. The van der Waals surface area contributed by atoms with E-state index in [0.717, 1.165) is 30.9 Å². The molecule has 90 valence electrons. The molecule has 0 aromatic carbocycles. The average molecular weight is 223 g/mol. The minimum Gasteiger partial charge on any atom is -0.396 e. The summed E-state index contributed by atoms with van der Waals surface area (Å²) in [6.07, 6.45) is 2.55. The molecule has 0 fully saturated rings. The van der Waals surface area contributed by atoms with E-state index in [1.807, 2.05) is 19.1 Å². The third kappa shape index (κ3) is 3.47. The maximum absolute atomic E-state index is 8.83. The molecule has 0 spiro atoms. The van der Waals surface area contributed by atoms with Crippen LogP contribution in [0.3, 0.4) is 0 Å². The Morgan fingerprint density at radius 2 is 2.31 bits per heavy atom. The summed E-state index contributed by atoms with van der Waals surface area (Å²) in [6, 6.07) is 3.98. The fraction of sp³-hybridized carbons (Fsp3) is 0.583. The van der Waals surface area contributed by atoms with Gasteiger partial charge in [0.05, 0.1) is 0 Å². The standard InChI is InChI=1S/C12H21N3O/c1-3-15(7-4-8-16)12-9-11(10(2)13)5-6-14-12/h5-6,9-10,16H,3-4,7-8,13H2,1-2H3/t10-/m0/s1. The summed E-state index contributed by atoms with van der Waals surface area (Å²) >= 11 is 0. The minimum absolute atomic E-state index is 0.0262. The van der Waals surface area contributed by atoms with Crippen LogP contribution in [0, 0.1) is 0 Å². The van der Waals surface area contributed by atoms with Crippen LogP contribution in [-0.2, 0) is 0 Å². The Kier molecular flexibility index (Phi) is 5.22. The van der Waals surface area contributed by atoms with Crippen molar-refractivity contribution in [3.63, 3.8) is 0 Å². The Bertz CT molecular complexity index is 315. The number of aromatic nitrogens is 1. The molecule has 0 saturated carbocycles. The third-order valence-electron chi connectivity index (χ3n) is 2.59. The van der Waals surface area contributed by atoms with Gasteiger partial charge in [0.15, 0.2) is 0 Å². The lowest BCUT2D eigenvalue weighted by Crippen LogP contribution is -2.25. The molecule has 1 rings (SSSR count). The Balaban J connectivity index is 2.79. The van der Waals surface area contributed by atoms with E-state index in [0.29, 0.717) is 0 Å². The van der Waals surface area contributed by atoms with E-state index in [1.165, 1.54) is 0 Å². The number of aliphatic hydroxyl groups excluding tert-OH is 1. The third-order valence-corrected chi connectivity index (χ3v) is 2.59. The van der Waals surface area contributed by atoms with Crippen LogP contribution < -0.4 is 10.6 Å². The van der Waals surface area contributed by atoms with E-state index >= 15 is 0 Å². The van der Waals surface area contributed by atoms with Crippen LogP contribution in [-0.4, -0.2) is 29.8 Å². The first-order valence-corrected chi connectivity index (χ1v) is 5.76. The second kappa shape index (κ2) is 6.45. The second-order valence-electron chi connectivity index (χ2n) is 3.89. The van der Waals surface area contributed by atoms with Gasteiger partial charge in [0.25, 0.3) is 0 Å². The van der Waals surface area contributed by atoms with Crippen molar-refractivity contribution >= 4 is 5.82 Å². The SMILES string of the molecule is CCN(CCCO)c1cc([C@H](C)N)ccn1. The topological polar surface area (TPSA) is 62.4 Å². The fourth-order valence-corrected chi connectivity index (χ4v) is 1.59. The summed E-state index contributed by atoms with van der Waals surface area (Å²) < 4.78 is 0. The quantitative estimate of drug-likeness (QED) is 0.763. The van der Waals surface area contributed by atoms with E-state index in [-0.39, 0.29) is 12.6 Å². The predicted octanol–water partition coefficient (Wildman–Crippen LogP) is 1.31. The molecule has 0 radical (unpaired) electrons. The molecule has 16 heavy (non-hydrogen) atoms. The zero-order valence-corrected chi connectivity index (χ0v) is 10.1. The van der Waals surface area contributed by atoms with Crippen molar-refractivity contribution in [3.8, 4) is 0 Å². The van der Waals surface area contributed by atoms with Crippen molar-refractivity contribution < 1.29 is 5.11 Å². The van der Waals surface area contributed by atoms with Gasteiger partial charge >= 0.3 is 0 Å². The molecule has 1 atom stereocenters. The molecule has 1 aromatic heterocycles. The van der Waals surface area contributed by atoms with Crippen molar-refractivity contribution in [2.45, 2.75) is 26.3 Å². The molecule has 1 aromatic rings. The Hall–Kier alpha value is -1.13. The van der Waals surface area contributed by atoms with E-state index in [9.17, 15) is 0 Å². The Labute approximate surface area is 97.1 Å². The van der Waals surface area contributed by atoms with E-state index < -0.39 is 0 Å². The highest BCUT2D eigenvalue weighted by Crippen LogP contribution is 2.16. The van der Waals surface area contributed by atoms with Gasteiger partial charge in [-0.25, -0.2) is 4.98 Å². The second-order valence-corrected chi connectivity index (χ2v) is 3.89. The highest BCUT2D eigenvalue weighted by molar-refractivity contribution is 5.41. The molecule has 1 heterocycles. The Morgan fingerprint density at radius 3 is 2.88 bits per heavy atom. The first kappa shape index (κ1) is 12.9. The van der Waals surface area contributed by atoms with Crippen molar-refractivity contribution in [1.82, 2.24) is 4.98 Å². The number of pyridine rings is 1. The van der Waals surface area contributed by atoms with Gasteiger partial charge in [0.2, 0.25) is 0 Å². The van der Waals surface area contributed by atoms with Gasteiger partial charge in [0, 0.05) is 31.9 Å². The zero-order valence-electron chi connectivity index (χ0n) is 10.1. The molecular weight excluding hydrogens is 202 g/mol. The highest BCUT2D eigenvalue weighted by atomic mass is 16.3. The lowest BCUT2D eigenvalue weighted by atomic mass is 10.1. The van der Waals surface area contributed by atoms with Crippen molar-refractivity contribution in [1.29, 1.82) is 0 Å². The van der Waals surface area contributed by atoms with E-state index in [4.69, 9.17) is 10.8 Å². The van der Waals surface area contributed by atoms with Gasteiger partial charge in [-0.05, 0) is 38.0 Å². The number of nitrogens with zero attached hydrogens (tertiary/aromatic N) is 2. The predicted molar refractivity (Wildman–Crippen MR) is 66.4 cm³/mol. The first-order chi connectivity index (χ1) is 7.69. The lowest BCUT2D eigenvalue weighted by Gasteiger charge is -2.22.